The molecule has 0 saturated heterocycles. The Morgan fingerprint density at radius 3 is 2.59 bits per heavy atom. The van der Waals surface area contributed by atoms with Gasteiger partial charge in [0.25, 0.3) is 0 Å². The van der Waals surface area contributed by atoms with E-state index < -0.39 is 5.97 Å². The van der Waals surface area contributed by atoms with Gasteiger partial charge in [-0.1, -0.05) is 0 Å². The Kier molecular flexibility index (Phi) is 2.73. The van der Waals surface area contributed by atoms with E-state index in [9.17, 15) is 9.90 Å². The summed E-state index contributed by atoms with van der Waals surface area (Å²) >= 11 is 0. The molecule has 17 heavy (non-hydrogen) atoms. The zero-order valence-electron chi connectivity index (χ0n) is 9.99. The largest absolute Gasteiger partial charge is 0.508 e. The molecule has 1 saturated carbocycles. The van der Waals surface area contributed by atoms with Gasteiger partial charge in [-0.05, 0) is 37.5 Å². The van der Waals surface area contributed by atoms with Gasteiger partial charge in [-0.2, -0.15) is 0 Å². The lowest BCUT2D eigenvalue weighted by Crippen LogP contribution is -2.14. The topological polar surface area (TPSA) is 66.8 Å². The van der Waals surface area contributed by atoms with Gasteiger partial charge in [0.1, 0.15) is 11.5 Å². The number of aryl methyl sites for hydroxylation is 1. The van der Waals surface area contributed by atoms with E-state index >= 15 is 0 Å². The van der Waals surface area contributed by atoms with E-state index in [0.717, 1.165) is 24.0 Å². The lowest BCUT2D eigenvalue weighted by atomic mass is 9.90. The standard InChI is InChI=1S/C13H16O4/c1-8-5-11(17-2)9(6-10(8)14)13(3-4-13)7-12(15)16/h5-6,14H,3-4,7H2,1-2H3,(H,15,16). The van der Waals surface area contributed by atoms with Crippen molar-refractivity contribution < 1.29 is 19.7 Å². The minimum absolute atomic E-state index is 0.0891. The van der Waals surface area contributed by atoms with Crippen LogP contribution in [0.3, 0.4) is 0 Å². The zero-order valence-corrected chi connectivity index (χ0v) is 9.99. The first kappa shape index (κ1) is 11.8. The molecule has 1 fully saturated rings. The zero-order chi connectivity index (χ0) is 12.6. The summed E-state index contributed by atoms with van der Waals surface area (Å²) in [7, 11) is 1.56. The van der Waals surface area contributed by atoms with Gasteiger partial charge in [-0.25, -0.2) is 0 Å². The fourth-order valence-electron chi connectivity index (χ4n) is 2.24. The lowest BCUT2D eigenvalue weighted by Gasteiger charge is -2.18. The fraction of sp³-hybridized carbons (Fsp3) is 0.462. The third-order valence-electron chi connectivity index (χ3n) is 3.43. The highest BCUT2D eigenvalue weighted by atomic mass is 16.5. The molecule has 0 aromatic heterocycles. The summed E-state index contributed by atoms with van der Waals surface area (Å²) in [6.07, 6.45) is 1.75. The van der Waals surface area contributed by atoms with Crippen molar-refractivity contribution in [2.24, 2.45) is 0 Å². The molecule has 1 aliphatic carbocycles. The van der Waals surface area contributed by atoms with Crippen LogP contribution in [0.4, 0.5) is 0 Å². The number of carboxylic acid groups (broad SMARTS) is 1. The Hall–Kier alpha value is -1.71. The van der Waals surface area contributed by atoms with Gasteiger partial charge in [0.2, 0.25) is 0 Å². The van der Waals surface area contributed by atoms with Crippen molar-refractivity contribution in [3.63, 3.8) is 0 Å². The monoisotopic (exact) mass is 236 g/mol. The van der Waals surface area contributed by atoms with E-state index in [2.05, 4.69) is 0 Å². The van der Waals surface area contributed by atoms with Crippen LogP contribution in [0.1, 0.15) is 30.4 Å². The maximum Gasteiger partial charge on any atom is 0.304 e. The first-order chi connectivity index (χ1) is 7.98. The molecule has 4 heteroatoms. The Morgan fingerprint density at radius 1 is 1.47 bits per heavy atom. The molecule has 92 valence electrons. The highest BCUT2D eigenvalue weighted by molar-refractivity contribution is 5.71. The SMILES string of the molecule is COc1cc(C)c(O)cc1C1(CC(=O)O)CC1. The van der Waals surface area contributed by atoms with Gasteiger partial charge in [0.05, 0.1) is 13.5 Å². The molecular weight excluding hydrogens is 220 g/mol. The van der Waals surface area contributed by atoms with Crippen LogP contribution in [-0.4, -0.2) is 23.3 Å². The van der Waals surface area contributed by atoms with Crippen molar-refractivity contribution in [2.45, 2.75) is 31.6 Å². The molecule has 0 heterocycles. The molecule has 0 unspecified atom stereocenters. The number of hydrogen-bond donors (Lipinski definition) is 2. The van der Waals surface area contributed by atoms with Crippen LogP contribution in [-0.2, 0) is 10.2 Å². The molecule has 0 atom stereocenters. The Morgan fingerprint density at radius 2 is 2.12 bits per heavy atom. The summed E-state index contributed by atoms with van der Waals surface area (Å²) in [6, 6.07) is 3.40. The molecule has 1 aromatic carbocycles. The van der Waals surface area contributed by atoms with Crippen molar-refractivity contribution in [3.05, 3.63) is 23.3 Å². The van der Waals surface area contributed by atoms with Crippen LogP contribution in [0.15, 0.2) is 12.1 Å². The third kappa shape index (κ3) is 2.07. The van der Waals surface area contributed by atoms with Crippen LogP contribution in [0.25, 0.3) is 0 Å². The Balaban J connectivity index is 2.44. The molecule has 1 aromatic rings. The fourth-order valence-corrected chi connectivity index (χ4v) is 2.24. The summed E-state index contributed by atoms with van der Waals surface area (Å²) in [5.74, 6) is 0.0427. The van der Waals surface area contributed by atoms with Crippen molar-refractivity contribution in [1.29, 1.82) is 0 Å². The van der Waals surface area contributed by atoms with Crippen LogP contribution in [0, 0.1) is 6.92 Å². The smallest absolute Gasteiger partial charge is 0.304 e. The van der Waals surface area contributed by atoms with E-state index in [-0.39, 0.29) is 17.6 Å². The van der Waals surface area contributed by atoms with Crippen LogP contribution in [0.2, 0.25) is 0 Å². The summed E-state index contributed by atoms with van der Waals surface area (Å²) in [6.45, 7) is 1.79. The van der Waals surface area contributed by atoms with E-state index in [1.54, 1.807) is 26.2 Å². The minimum Gasteiger partial charge on any atom is -0.508 e. The molecule has 1 aliphatic rings. The summed E-state index contributed by atoms with van der Waals surface area (Å²) < 4.78 is 5.29. The van der Waals surface area contributed by atoms with Gasteiger partial charge >= 0.3 is 5.97 Å². The van der Waals surface area contributed by atoms with Crippen LogP contribution in [0.5, 0.6) is 11.5 Å². The summed E-state index contributed by atoms with van der Waals surface area (Å²) in [5.41, 5.74) is 1.20. The first-order valence-electron chi connectivity index (χ1n) is 5.58. The molecule has 0 spiro atoms. The minimum atomic E-state index is -0.815. The quantitative estimate of drug-likeness (QED) is 0.841. The number of carbonyl (C=O) groups is 1. The number of phenols is 1. The Bertz CT molecular complexity index is 461. The van der Waals surface area contributed by atoms with E-state index in [0.29, 0.717) is 5.75 Å². The predicted octanol–water partition coefficient (Wildman–Crippen LogP) is 2.22. The molecule has 4 nitrogen and oxygen atoms in total. The van der Waals surface area contributed by atoms with Crippen molar-refractivity contribution in [1.82, 2.24) is 0 Å². The lowest BCUT2D eigenvalue weighted by molar-refractivity contribution is -0.137. The number of aromatic hydroxyl groups is 1. The number of hydrogen-bond acceptors (Lipinski definition) is 3. The van der Waals surface area contributed by atoms with E-state index in [1.165, 1.54) is 0 Å². The number of carboxylic acids is 1. The van der Waals surface area contributed by atoms with Crippen LogP contribution >= 0.6 is 0 Å². The molecule has 0 radical (unpaired) electrons. The van der Waals surface area contributed by atoms with Gasteiger partial charge in [-0.3, -0.25) is 4.79 Å². The maximum absolute atomic E-state index is 10.9. The third-order valence-corrected chi connectivity index (χ3v) is 3.43. The number of benzene rings is 1. The highest BCUT2D eigenvalue weighted by Gasteiger charge is 2.48. The van der Waals surface area contributed by atoms with Gasteiger partial charge < -0.3 is 14.9 Å². The van der Waals surface area contributed by atoms with Crippen molar-refractivity contribution >= 4 is 5.97 Å². The molecule has 0 amide bonds. The molecular formula is C13H16O4. The average molecular weight is 236 g/mol. The summed E-state index contributed by atoms with van der Waals surface area (Å²) in [5, 5.41) is 18.7. The van der Waals surface area contributed by atoms with Crippen molar-refractivity contribution in [3.8, 4) is 11.5 Å². The number of ether oxygens (including phenoxy) is 1. The van der Waals surface area contributed by atoms with E-state index in [1.807, 2.05) is 0 Å². The Labute approximate surface area is 99.8 Å². The second-order valence-corrected chi connectivity index (χ2v) is 4.69. The normalized spacial score (nSPS) is 16.6. The van der Waals surface area contributed by atoms with Crippen LogP contribution < -0.4 is 4.74 Å². The maximum atomic E-state index is 10.9. The molecule has 2 N–H and O–H groups in total. The molecule has 2 rings (SSSR count). The second-order valence-electron chi connectivity index (χ2n) is 4.69. The average Bonchev–Trinajstić information content (AvgIpc) is 3.01. The number of phenolic OH excluding ortho intramolecular Hbond substituents is 1. The van der Waals surface area contributed by atoms with Gasteiger partial charge in [0, 0.05) is 11.0 Å². The van der Waals surface area contributed by atoms with E-state index in [4.69, 9.17) is 9.84 Å². The number of aliphatic carboxylic acids is 1. The highest BCUT2D eigenvalue weighted by Crippen LogP contribution is 2.54. The number of rotatable bonds is 4. The van der Waals surface area contributed by atoms with Crippen molar-refractivity contribution in [2.75, 3.05) is 7.11 Å². The predicted molar refractivity (Wildman–Crippen MR) is 62.6 cm³/mol. The first-order valence-corrected chi connectivity index (χ1v) is 5.58. The number of methoxy groups -OCH3 is 1. The molecule has 0 aliphatic heterocycles. The second kappa shape index (κ2) is 3.95. The van der Waals surface area contributed by atoms with Gasteiger partial charge in [0.15, 0.2) is 0 Å². The molecule has 0 bridgehead atoms. The van der Waals surface area contributed by atoms with Gasteiger partial charge in [-0.15, -0.1) is 0 Å². The summed E-state index contributed by atoms with van der Waals surface area (Å²) in [4.78, 5) is 10.9.